The number of hydrogen-bond donors (Lipinski definition) is 1. The normalized spacial score (nSPS) is 10.6. The van der Waals surface area contributed by atoms with Crippen LogP contribution in [0.3, 0.4) is 0 Å². The van der Waals surface area contributed by atoms with Crippen molar-refractivity contribution in [2.24, 2.45) is 5.10 Å². The van der Waals surface area contributed by atoms with E-state index in [1.165, 1.54) is 0 Å². The number of aryl methyl sites for hydroxylation is 1. The summed E-state index contributed by atoms with van der Waals surface area (Å²) in [6, 6.07) is 15.4. The van der Waals surface area contributed by atoms with Gasteiger partial charge in [-0.1, -0.05) is 24.3 Å². The molecule has 0 aliphatic heterocycles. The Bertz CT molecular complexity index is 656. The summed E-state index contributed by atoms with van der Waals surface area (Å²) in [6.45, 7) is 1.91. The predicted molar refractivity (Wildman–Crippen MR) is 91.6 cm³/mol. The van der Waals surface area contributed by atoms with Gasteiger partial charge < -0.3 is 4.74 Å². The minimum Gasteiger partial charge on any atom is -0.484 e. The van der Waals surface area contributed by atoms with Crippen LogP contribution in [0.1, 0.15) is 11.1 Å². The summed E-state index contributed by atoms with van der Waals surface area (Å²) in [5.74, 6) is 0.380. The minimum absolute atomic E-state index is 0.0624. The first-order chi connectivity index (χ1) is 10.1. The molecule has 0 saturated heterocycles. The van der Waals surface area contributed by atoms with E-state index in [1.807, 2.05) is 55.5 Å². The van der Waals surface area contributed by atoms with Gasteiger partial charge in [0.25, 0.3) is 5.91 Å². The first kappa shape index (κ1) is 15.5. The average molecular weight is 394 g/mol. The fraction of sp³-hybridized carbons (Fsp3) is 0.125. The molecule has 2 aromatic rings. The highest BCUT2D eigenvalue weighted by molar-refractivity contribution is 14.1. The maximum Gasteiger partial charge on any atom is 0.277 e. The van der Waals surface area contributed by atoms with Gasteiger partial charge in [0.15, 0.2) is 6.61 Å². The molecule has 2 aromatic carbocycles. The van der Waals surface area contributed by atoms with Crippen LogP contribution in [0.25, 0.3) is 0 Å². The van der Waals surface area contributed by atoms with Crippen LogP contribution >= 0.6 is 22.6 Å². The molecule has 2 rings (SSSR count). The topological polar surface area (TPSA) is 50.7 Å². The Kier molecular flexibility index (Phi) is 5.74. The number of rotatable bonds is 5. The monoisotopic (exact) mass is 394 g/mol. The van der Waals surface area contributed by atoms with Crippen molar-refractivity contribution >= 4 is 34.7 Å². The second-order valence-corrected chi connectivity index (χ2v) is 5.70. The number of nitrogens with zero attached hydrogens (tertiary/aromatic N) is 1. The predicted octanol–water partition coefficient (Wildman–Crippen LogP) is 3.13. The number of hydrazone groups is 1. The van der Waals surface area contributed by atoms with E-state index < -0.39 is 0 Å². The third-order valence-corrected chi connectivity index (χ3v) is 3.28. The quantitative estimate of drug-likeness (QED) is 0.481. The summed E-state index contributed by atoms with van der Waals surface area (Å²) in [7, 11) is 0. The number of carbonyl (C=O) groups excluding carboxylic acids is 1. The van der Waals surface area contributed by atoms with Gasteiger partial charge in [0.2, 0.25) is 0 Å². The van der Waals surface area contributed by atoms with E-state index in [4.69, 9.17) is 4.74 Å². The number of hydrogen-bond acceptors (Lipinski definition) is 3. The lowest BCUT2D eigenvalue weighted by Gasteiger charge is -2.05. The molecule has 5 heteroatoms. The summed E-state index contributed by atoms with van der Waals surface area (Å²) in [5, 5.41) is 3.90. The average Bonchev–Trinajstić information content (AvgIpc) is 2.45. The van der Waals surface area contributed by atoms with E-state index in [-0.39, 0.29) is 12.5 Å². The molecule has 0 heterocycles. The molecule has 0 atom stereocenters. The number of halogens is 1. The van der Waals surface area contributed by atoms with Crippen molar-refractivity contribution in [2.45, 2.75) is 6.92 Å². The molecule has 0 aliphatic rings. The lowest BCUT2D eigenvalue weighted by molar-refractivity contribution is -0.123. The summed E-state index contributed by atoms with van der Waals surface area (Å²) in [6.07, 6.45) is 1.60. The van der Waals surface area contributed by atoms with Gasteiger partial charge >= 0.3 is 0 Å². The molecule has 1 N–H and O–H groups in total. The number of carbonyl (C=O) groups is 1. The first-order valence-corrected chi connectivity index (χ1v) is 7.48. The minimum atomic E-state index is -0.293. The molecule has 0 aromatic heterocycles. The molecule has 0 aliphatic carbocycles. The van der Waals surface area contributed by atoms with Crippen molar-refractivity contribution < 1.29 is 9.53 Å². The van der Waals surface area contributed by atoms with Gasteiger partial charge in [-0.05, 0) is 64.9 Å². The Morgan fingerprint density at radius 1 is 1.29 bits per heavy atom. The van der Waals surface area contributed by atoms with Crippen molar-refractivity contribution in [3.05, 3.63) is 63.2 Å². The zero-order valence-corrected chi connectivity index (χ0v) is 13.7. The van der Waals surface area contributed by atoms with Crippen LogP contribution in [0.2, 0.25) is 0 Å². The highest BCUT2D eigenvalue weighted by atomic mass is 127. The molecular weight excluding hydrogens is 379 g/mol. The molecular formula is C16H15IN2O2. The van der Waals surface area contributed by atoms with Crippen molar-refractivity contribution in [1.29, 1.82) is 0 Å². The third-order valence-electron chi connectivity index (χ3n) is 2.61. The zero-order chi connectivity index (χ0) is 15.1. The SMILES string of the molecule is Cc1cccc(OCC(=O)NN=Cc2cccc(I)c2)c1. The van der Waals surface area contributed by atoms with E-state index in [1.54, 1.807) is 6.21 Å². The van der Waals surface area contributed by atoms with Crippen molar-refractivity contribution in [3.63, 3.8) is 0 Å². The van der Waals surface area contributed by atoms with E-state index in [0.717, 1.165) is 14.7 Å². The molecule has 0 bridgehead atoms. The maximum atomic E-state index is 11.6. The highest BCUT2D eigenvalue weighted by Gasteiger charge is 2.01. The van der Waals surface area contributed by atoms with E-state index in [9.17, 15) is 4.79 Å². The van der Waals surface area contributed by atoms with Gasteiger partial charge in [0.1, 0.15) is 5.75 Å². The molecule has 108 valence electrons. The second-order valence-electron chi connectivity index (χ2n) is 4.45. The lowest BCUT2D eigenvalue weighted by atomic mass is 10.2. The molecule has 1 amide bonds. The van der Waals surface area contributed by atoms with Crippen LogP contribution in [0.4, 0.5) is 0 Å². The molecule has 4 nitrogen and oxygen atoms in total. The Balaban J connectivity index is 1.80. The standard InChI is InChI=1S/C16H15IN2O2/c1-12-4-2-7-15(8-12)21-11-16(20)19-18-10-13-5-3-6-14(17)9-13/h2-10H,11H2,1H3,(H,19,20). The van der Waals surface area contributed by atoms with Gasteiger partial charge in [0.05, 0.1) is 6.21 Å². The fourth-order valence-electron chi connectivity index (χ4n) is 1.65. The molecule has 0 unspecified atom stereocenters. The number of ether oxygens (including phenoxy) is 1. The Labute approximate surface area is 137 Å². The number of amides is 1. The van der Waals surface area contributed by atoms with Gasteiger partial charge in [-0.2, -0.15) is 5.10 Å². The smallest absolute Gasteiger partial charge is 0.277 e. The third kappa shape index (κ3) is 5.55. The molecule has 0 saturated carbocycles. The van der Waals surface area contributed by atoms with Crippen LogP contribution in [0.15, 0.2) is 53.6 Å². The van der Waals surface area contributed by atoms with E-state index >= 15 is 0 Å². The van der Waals surface area contributed by atoms with Crippen molar-refractivity contribution in [3.8, 4) is 5.75 Å². The van der Waals surface area contributed by atoms with Gasteiger partial charge in [-0.15, -0.1) is 0 Å². The Morgan fingerprint density at radius 3 is 2.86 bits per heavy atom. The van der Waals surface area contributed by atoms with Crippen LogP contribution in [-0.2, 0) is 4.79 Å². The van der Waals surface area contributed by atoms with Gasteiger partial charge in [0, 0.05) is 3.57 Å². The van der Waals surface area contributed by atoms with Crippen LogP contribution in [0, 0.1) is 10.5 Å². The van der Waals surface area contributed by atoms with Crippen LogP contribution in [-0.4, -0.2) is 18.7 Å². The zero-order valence-electron chi connectivity index (χ0n) is 11.5. The summed E-state index contributed by atoms with van der Waals surface area (Å²) in [5.41, 5.74) is 4.46. The molecule has 0 radical (unpaired) electrons. The molecule has 0 spiro atoms. The number of nitrogens with one attached hydrogen (secondary N) is 1. The van der Waals surface area contributed by atoms with Crippen molar-refractivity contribution in [2.75, 3.05) is 6.61 Å². The molecule has 21 heavy (non-hydrogen) atoms. The van der Waals surface area contributed by atoms with E-state index in [0.29, 0.717) is 5.75 Å². The fourth-order valence-corrected chi connectivity index (χ4v) is 2.22. The van der Waals surface area contributed by atoms with Gasteiger partial charge in [-0.3, -0.25) is 4.79 Å². The number of benzene rings is 2. The van der Waals surface area contributed by atoms with Crippen LogP contribution < -0.4 is 10.2 Å². The van der Waals surface area contributed by atoms with Crippen LogP contribution in [0.5, 0.6) is 5.75 Å². The Hall–Kier alpha value is -1.89. The van der Waals surface area contributed by atoms with Gasteiger partial charge in [-0.25, -0.2) is 5.43 Å². The highest BCUT2D eigenvalue weighted by Crippen LogP contribution is 2.11. The summed E-state index contributed by atoms with van der Waals surface area (Å²) >= 11 is 2.22. The first-order valence-electron chi connectivity index (χ1n) is 6.40. The second kappa shape index (κ2) is 7.78. The summed E-state index contributed by atoms with van der Waals surface area (Å²) < 4.78 is 6.50. The lowest BCUT2D eigenvalue weighted by Crippen LogP contribution is -2.24. The maximum absolute atomic E-state index is 11.6. The largest absolute Gasteiger partial charge is 0.484 e. The Morgan fingerprint density at radius 2 is 2.10 bits per heavy atom. The molecule has 0 fully saturated rings. The van der Waals surface area contributed by atoms with E-state index in [2.05, 4.69) is 33.1 Å². The van der Waals surface area contributed by atoms with Crippen molar-refractivity contribution in [1.82, 2.24) is 5.43 Å². The summed E-state index contributed by atoms with van der Waals surface area (Å²) in [4.78, 5) is 11.6.